The number of carbonyl (C=O) groups excluding carboxylic acids is 2. The number of aromatic amines is 2. The van der Waals surface area contributed by atoms with Crippen molar-refractivity contribution in [2.45, 2.75) is 63.3 Å². The Labute approximate surface area is 284 Å². The van der Waals surface area contributed by atoms with Crippen molar-refractivity contribution < 1.29 is 19.1 Å². The predicted molar refractivity (Wildman–Crippen MR) is 186 cm³/mol. The lowest BCUT2D eigenvalue weighted by Crippen LogP contribution is -2.51. The van der Waals surface area contributed by atoms with Crippen LogP contribution in [-0.2, 0) is 20.9 Å². The van der Waals surface area contributed by atoms with Gasteiger partial charge in [0.15, 0.2) is 0 Å². The van der Waals surface area contributed by atoms with E-state index in [0.717, 1.165) is 106 Å². The highest BCUT2D eigenvalue weighted by atomic mass is 16.5. The van der Waals surface area contributed by atoms with Gasteiger partial charge in [-0.1, -0.05) is 18.2 Å². The summed E-state index contributed by atoms with van der Waals surface area (Å²) in [5, 5.41) is 5.06. The van der Waals surface area contributed by atoms with Crippen molar-refractivity contribution in [1.82, 2.24) is 35.1 Å². The van der Waals surface area contributed by atoms with E-state index in [-0.39, 0.29) is 17.9 Å². The van der Waals surface area contributed by atoms with E-state index in [9.17, 15) is 9.59 Å². The van der Waals surface area contributed by atoms with Gasteiger partial charge in [0, 0.05) is 30.7 Å². The molecular formula is C38H41N7O4. The first-order chi connectivity index (χ1) is 24.1. The van der Waals surface area contributed by atoms with Gasteiger partial charge in [-0.2, -0.15) is 0 Å². The van der Waals surface area contributed by atoms with Crippen molar-refractivity contribution in [1.29, 1.82) is 0 Å². The molecule has 0 saturated carbocycles. The highest BCUT2D eigenvalue weighted by Crippen LogP contribution is 2.43. The van der Waals surface area contributed by atoms with Crippen LogP contribution in [0.5, 0.6) is 5.75 Å². The summed E-state index contributed by atoms with van der Waals surface area (Å²) in [4.78, 5) is 46.5. The van der Waals surface area contributed by atoms with Gasteiger partial charge in [0.25, 0.3) is 0 Å². The number of imidazole rings is 2. The molecule has 5 aromatic rings. The number of benzene rings is 3. The molecule has 49 heavy (non-hydrogen) atoms. The Morgan fingerprint density at radius 3 is 2.67 bits per heavy atom. The van der Waals surface area contributed by atoms with E-state index in [1.807, 2.05) is 11.1 Å². The maximum Gasteiger partial charge on any atom is 0.246 e. The number of hydrogen-bond acceptors (Lipinski definition) is 7. The zero-order valence-corrected chi connectivity index (χ0v) is 27.7. The molecule has 6 heterocycles. The molecular weight excluding hydrogens is 618 g/mol. The number of fused-ring (bicyclic) bond motifs is 6. The van der Waals surface area contributed by atoms with E-state index in [1.165, 1.54) is 6.42 Å². The summed E-state index contributed by atoms with van der Waals surface area (Å²) in [5.74, 6) is 2.73. The van der Waals surface area contributed by atoms with E-state index in [0.29, 0.717) is 38.8 Å². The molecule has 1 unspecified atom stereocenters. The topological polar surface area (TPSA) is 128 Å². The molecule has 9 rings (SSSR count). The zero-order valence-electron chi connectivity index (χ0n) is 27.7. The number of rotatable bonds is 7. The summed E-state index contributed by atoms with van der Waals surface area (Å²) in [6.45, 7) is 3.45. The smallest absolute Gasteiger partial charge is 0.246 e. The highest BCUT2D eigenvalue weighted by Gasteiger charge is 2.39. The molecule has 3 N–H and O–H groups in total. The monoisotopic (exact) mass is 659 g/mol. The van der Waals surface area contributed by atoms with Gasteiger partial charge < -0.3 is 29.7 Å². The van der Waals surface area contributed by atoms with E-state index in [4.69, 9.17) is 19.4 Å². The van der Waals surface area contributed by atoms with Crippen LogP contribution in [0.25, 0.3) is 44.2 Å². The summed E-state index contributed by atoms with van der Waals surface area (Å²) in [6, 6.07) is 14.8. The Kier molecular flexibility index (Phi) is 7.61. The molecule has 3 aromatic carbocycles. The lowest BCUT2D eigenvalue weighted by molar-refractivity contribution is -0.138. The molecule has 2 aromatic heterocycles. The van der Waals surface area contributed by atoms with Gasteiger partial charge in [0.2, 0.25) is 12.3 Å². The van der Waals surface area contributed by atoms with Gasteiger partial charge in [-0.15, -0.1) is 0 Å². The van der Waals surface area contributed by atoms with E-state index >= 15 is 0 Å². The fraction of sp³-hybridized carbons (Fsp3) is 0.421. The number of carbonyl (C=O) groups is 2. The Bertz CT molecular complexity index is 2060. The number of likely N-dealkylation sites (tertiary alicyclic amines) is 2. The molecule has 3 fully saturated rings. The molecule has 0 spiro atoms. The summed E-state index contributed by atoms with van der Waals surface area (Å²) < 4.78 is 11.9. The Morgan fingerprint density at radius 2 is 1.84 bits per heavy atom. The minimum atomic E-state index is -0.543. The normalized spacial score (nSPS) is 21.9. The minimum Gasteiger partial charge on any atom is -0.488 e. The Balaban J connectivity index is 0.976. The van der Waals surface area contributed by atoms with Crippen LogP contribution in [0.1, 0.15) is 67.8 Å². The van der Waals surface area contributed by atoms with Crippen LogP contribution in [0, 0.1) is 5.92 Å². The largest absolute Gasteiger partial charge is 0.488 e. The molecule has 0 bridgehead atoms. The first kappa shape index (κ1) is 30.3. The third-order valence-corrected chi connectivity index (χ3v) is 11.2. The van der Waals surface area contributed by atoms with Crippen molar-refractivity contribution in [3.63, 3.8) is 0 Å². The number of amides is 2. The number of nitrogens with zero attached hydrogens (tertiary/aromatic N) is 4. The van der Waals surface area contributed by atoms with E-state index < -0.39 is 6.04 Å². The van der Waals surface area contributed by atoms with Gasteiger partial charge >= 0.3 is 0 Å². The lowest BCUT2D eigenvalue weighted by Gasteiger charge is -2.33. The number of H-pyrrole nitrogens is 2. The fourth-order valence-corrected chi connectivity index (χ4v) is 8.56. The second-order valence-corrected chi connectivity index (χ2v) is 14.0. The summed E-state index contributed by atoms with van der Waals surface area (Å²) >= 11 is 0. The van der Waals surface area contributed by atoms with Crippen LogP contribution in [0.15, 0.2) is 48.7 Å². The average Bonchev–Trinajstić information content (AvgIpc) is 3.96. The molecule has 11 heteroatoms. The fourth-order valence-electron chi connectivity index (χ4n) is 8.56. The SMILES string of the molecule is CN1CCC[C@H]1c1nc2c(ccc3cc4c(cc32)OCc2cc(-c3cnc([C@@H]5CCCN5C(=O)C(NC=O)C5CCOCC5)[nH]3)ccc2-4)[nH]1. The molecule has 4 aliphatic rings. The van der Waals surface area contributed by atoms with E-state index in [2.05, 4.69) is 69.7 Å². The van der Waals surface area contributed by atoms with Crippen LogP contribution in [0.3, 0.4) is 0 Å². The van der Waals surface area contributed by atoms with Gasteiger partial charge in [-0.3, -0.25) is 14.5 Å². The van der Waals surface area contributed by atoms with Crippen molar-refractivity contribution in [3.05, 3.63) is 65.9 Å². The van der Waals surface area contributed by atoms with Crippen molar-refractivity contribution >= 4 is 34.1 Å². The van der Waals surface area contributed by atoms with Crippen LogP contribution >= 0.6 is 0 Å². The third kappa shape index (κ3) is 5.27. The lowest BCUT2D eigenvalue weighted by atomic mass is 9.90. The number of aromatic nitrogens is 4. The molecule has 0 radical (unpaired) electrons. The first-order valence-corrected chi connectivity index (χ1v) is 17.6. The van der Waals surface area contributed by atoms with Gasteiger partial charge in [0.1, 0.15) is 30.0 Å². The zero-order chi connectivity index (χ0) is 33.1. The molecule has 2 amide bonds. The second-order valence-electron chi connectivity index (χ2n) is 14.0. The molecule has 0 aliphatic carbocycles. The van der Waals surface area contributed by atoms with Gasteiger partial charge in [-0.05, 0) is 104 Å². The minimum absolute atomic E-state index is 0.0357. The predicted octanol–water partition coefficient (Wildman–Crippen LogP) is 5.64. The number of ether oxygens (including phenoxy) is 2. The molecule has 11 nitrogen and oxygen atoms in total. The Hall–Kier alpha value is -4.74. The average molecular weight is 660 g/mol. The summed E-state index contributed by atoms with van der Waals surface area (Å²) in [5.41, 5.74) is 7.34. The third-order valence-electron chi connectivity index (χ3n) is 11.2. The Morgan fingerprint density at radius 1 is 0.980 bits per heavy atom. The first-order valence-electron chi connectivity index (χ1n) is 17.6. The molecule has 3 atom stereocenters. The van der Waals surface area contributed by atoms with E-state index in [1.54, 1.807) is 0 Å². The molecule has 4 aliphatic heterocycles. The van der Waals surface area contributed by atoms with Crippen molar-refractivity contribution in [2.75, 3.05) is 33.4 Å². The summed E-state index contributed by atoms with van der Waals surface area (Å²) in [6.07, 6.45) is 8.07. The quantitative estimate of drug-likeness (QED) is 0.193. The number of hydrogen-bond donors (Lipinski definition) is 3. The summed E-state index contributed by atoms with van der Waals surface area (Å²) in [7, 11) is 2.17. The maximum absolute atomic E-state index is 13.8. The van der Waals surface area contributed by atoms with Crippen LogP contribution in [0.2, 0.25) is 0 Å². The van der Waals surface area contributed by atoms with Crippen molar-refractivity contribution in [3.8, 4) is 28.1 Å². The highest BCUT2D eigenvalue weighted by molar-refractivity contribution is 6.07. The standard InChI is InChI=1S/C38H41N7O4/c1-44-12-2-4-31(44)37-41-29-9-7-23-17-28-26-8-6-24(16-25(26)20-49-33(28)18-27(23)35(29)43-37)30-19-39-36(42-30)32-5-3-13-45(32)38(47)34(40-21-46)22-10-14-48-15-11-22/h6-9,16-19,21-22,31-32,34H,2-5,10-15,20H2,1H3,(H,39,42)(H,40,46)(H,41,43)/t31-,32-,34?/m0/s1. The maximum atomic E-state index is 13.8. The van der Waals surface area contributed by atoms with Gasteiger partial charge in [-0.25, -0.2) is 9.97 Å². The molecule has 252 valence electrons. The number of nitrogens with one attached hydrogen (secondary N) is 3. The molecule has 3 saturated heterocycles. The second kappa shape index (κ2) is 12.3. The van der Waals surface area contributed by atoms with Crippen molar-refractivity contribution in [2.24, 2.45) is 5.92 Å². The van der Waals surface area contributed by atoms with Crippen LogP contribution in [-0.4, -0.2) is 81.4 Å². The van der Waals surface area contributed by atoms with Gasteiger partial charge in [0.05, 0.1) is 35.0 Å². The van der Waals surface area contributed by atoms with Crippen LogP contribution < -0.4 is 10.1 Å². The van der Waals surface area contributed by atoms with Crippen LogP contribution in [0.4, 0.5) is 0 Å².